The van der Waals surface area contributed by atoms with E-state index in [4.69, 9.17) is 4.74 Å². The molecule has 1 amide bonds. The maximum absolute atomic E-state index is 12.9. The zero-order valence-electron chi connectivity index (χ0n) is 16.8. The predicted molar refractivity (Wildman–Crippen MR) is 114 cm³/mol. The van der Waals surface area contributed by atoms with Crippen molar-refractivity contribution in [2.24, 2.45) is 0 Å². The predicted octanol–water partition coefficient (Wildman–Crippen LogP) is 3.73. The zero-order valence-corrected chi connectivity index (χ0v) is 16.8. The van der Waals surface area contributed by atoms with Gasteiger partial charge in [-0.25, -0.2) is 0 Å². The van der Waals surface area contributed by atoms with Gasteiger partial charge < -0.3 is 19.5 Å². The van der Waals surface area contributed by atoms with E-state index in [2.05, 4.69) is 22.0 Å². The normalized spacial score (nSPS) is 14.3. The van der Waals surface area contributed by atoms with Gasteiger partial charge in [-0.1, -0.05) is 0 Å². The molecule has 1 saturated heterocycles. The van der Waals surface area contributed by atoms with E-state index in [0.29, 0.717) is 31.0 Å². The van der Waals surface area contributed by atoms with Crippen LogP contribution in [0, 0.1) is 0 Å². The van der Waals surface area contributed by atoms with Crippen LogP contribution in [-0.2, 0) is 0 Å². The minimum atomic E-state index is -0.00285. The first-order valence-electron chi connectivity index (χ1n) is 9.96. The maximum Gasteiger partial charge on any atom is 0.270 e. The number of benzene rings is 2. The Balaban J connectivity index is 1.42. The van der Waals surface area contributed by atoms with Gasteiger partial charge in [0.25, 0.3) is 5.91 Å². The third-order valence-electron chi connectivity index (χ3n) is 5.34. The Labute approximate surface area is 170 Å². The van der Waals surface area contributed by atoms with Gasteiger partial charge in [0.1, 0.15) is 11.4 Å². The number of ether oxygens (including phenoxy) is 1. The van der Waals surface area contributed by atoms with E-state index in [1.165, 1.54) is 0 Å². The van der Waals surface area contributed by atoms with Crippen LogP contribution in [0.2, 0.25) is 0 Å². The molecule has 4 rings (SSSR count). The smallest absolute Gasteiger partial charge is 0.270 e. The molecule has 1 fully saturated rings. The lowest BCUT2D eigenvalue weighted by Gasteiger charge is -2.36. The summed E-state index contributed by atoms with van der Waals surface area (Å²) in [7, 11) is 0. The first-order valence-corrected chi connectivity index (χ1v) is 9.96. The standard InChI is InChI=1S/C23H25N3O3/c1-3-29-20-7-5-19(6-8-20)25-10-12-26(13-11-25)23(28)22-15-18-14-17(16(2)27)4-9-21(18)24-22/h4-9,14-15,24H,3,10-13H2,1-2H3. The lowest BCUT2D eigenvalue weighted by molar-refractivity contribution is 0.0741. The Morgan fingerprint density at radius 1 is 1.00 bits per heavy atom. The number of aromatic amines is 1. The fourth-order valence-corrected chi connectivity index (χ4v) is 3.72. The number of carbonyl (C=O) groups excluding carboxylic acids is 2. The van der Waals surface area contributed by atoms with Gasteiger partial charge in [-0.15, -0.1) is 0 Å². The first-order chi connectivity index (χ1) is 14.0. The summed E-state index contributed by atoms with van der Waals surface area (Å²) in [6, 6.07) is 15.4. The summed E-state index contributed by atoms with van der Waals surface area (Å²) >= 11 is 0. The number of hydrogen-bond acceptors (Lipinski definition) is 4. The minimum Gasteiger partial charge on any atom is -0.494 e. The molecule has 6 heteroatoms. The number of nitrogens with one attached hydrogen (secondary N) is 1. The number of amides is 1. The van der Waals surface area contributed by atoms with E-state index in [9.17, 15) is 9.59 Å². The lowest BCUT2D eigenvalue weighted by atomic mass is 10.1. The van der Waals surface area contributed by atoms with Gasteiger partial charge in [0, 0.05) is 48.3 Å². The van der Waals surface area contributed by atoms with Crippen LogP contribution in [0.3, 0.4) is 0 Å². The van der Waals surface area contributed by atoms with Gasteiger partial charge in [0.15, 0.2) is 5.78 Å². The summed E-state index contributed by atoms with van der Waals surface area (Å²) in [5.74, 6) is 0.889. The molecule has 0 bridgehead atoms. The fraction of sp³-hybridized carbons (Fsp3) is 0.304. The molecule has 1 N–H and O–H groups in total. The van der Waals surface area contributed by atoms with Crippen LogP contribution < -0.4 is 9.64 Å². The number of hydrogen-bond donors (Lipinski definition) is 1. The van der Waals surface area contributed by atoms with Gasteiger partial charge in [-0.3, -0.25) is 9.59 Å². The zero-order chi connectivity index (χ0) is 20.4. The highest BCUT2D eigenvalue weighted by molar-refractivity contribution is 6.01. The topological polar surface area (TPSA) is 65.6 Å². The molecule has 6 nitrogen and oxygen atoms in total. The van der Waals surface area contributed by atoms with Crippen molar-refractivity contribution >= 4 is 28.3 Å². The van der Waals surface area contributed by atoms with Crippen molar-refractivity contribution in [1.29, 1.82) is 0 Å². The molecular weight excluding hydrogens is 366 g/mol. The van der Waals surface area contributed by atoms with Crippen molar-refractivity contribution in [3.63, 3.8) is 0 Å². The van der Waals surface area contributed by atoms with E-state index >= 15 is 0 Å². The molecular formula is C23H25N3O3. The average Bonchev–Trinajstić information content (AvgIpc) is 3.17. The van der Waals surface area contributed by atoms with Gasteiger partial charge in [0.2, 0.25) is 0 Å². The number of H-pyrrole nitrogens is 1. The van der Waals surface area contributed by atoms with E-state index in [0.717, 1.165) is 35.4 Å². The molecule has 0 spiro atoms. The number of fused-ring (bicyclic) bond motifs is 1. The third-order valence-corrected chi connectivity index (χ3v) is 5.34. The Morgan fingerprint density at radius 2 is 1.72 bits per heavy atom. The number of ketones is 1. The van der Waals surface area contributed by atoms with Crippen molar-refractivity contribution < 1.29 is 14.3 Å². The second-order valence-electron chi connectivity index (χ2n) is 7.25. The molecule has 2 heterocycles. The molecule has 0 aliphatic carbocycles. The molecule has 2 aromatic carbocycles. The molecule has 0 unspecified atom stereocenters. The number of piperazine rings is 1. The quantitative estimate of drug-likeness (QED) is 0.673. The van der Waals surface area contributed by atoms with Crippen LogP contribution in [-0.4, -0.2) is 54.4 Å². The van der Waals surface area contributed by atoms with E-state index in [1.807, 2.05) is 42.2 Å². The third kappa shape index (κ3) is 3.97. The van der Waals surface area contributed by atoms with Crippen molar-refractivity contribution in [3.05, 3.63) is 59.8 Å². The summed E-state index contributed by atoms with van der Waals surface area (Å²) in [5.41, 5.74) is 3.23. The summed E-state index contributed by atoms with van der Waals surface area (Å²) in [6.07, 6.45) is 0. The fourth-order valence-electron chi connectivity index (χ4n) is 3.72. The van der Waals surface area contributed by atoms with Crippen LogP contribution in [0.25, 0.3) is 10.9 Å². The van der Waals surface area contributed by atoms with Gasteiger partial charge in [-0.05, 0) is 62.4 Å². The maximum atomic E-state index is 12.9. The summed E-state index contributed by atoms with van der Waals surface area (Å²) < 4.78 is 5.50. The second-order valence-corrected chi connectivity index (χ2v) is 7.25. The van der Waals surface area contributed by atoms with Crippen molar-refractivity contribution in [2.45, 2.75) is 13.8 Å². The minimum absolute atomic E-state index is 0.00285. The van der Waals surface area contributed by atoms with Crippen molar-refractivity contribution in [2.75, 3.05) is 37.7 Å². The van der Waals surface area contributed by atoms with Crippen LogP contribution in [0.1, 0.15) is 34.7 Å². The molecule has 1 aromatic heterocycles. The van der Waals surface area contributed by atoms with Gasteiger partial charge in [0.05, 0.1) is 6.61 Å². The van der Waals surface area contributed by atoms with E-state index in [1.54, 1.807) is 13.0 Å². The first kappa shape index (κ1) is 19.1. The number of rotatable bonds is 5. The van der Waals surface area contributed by atoms with E-state index < -0.39 is 0 Å². The molecule has 0 radical (unpaired) electrons. The van der Waals surface area contributed by atoms with Gasteiger partial charge >= 0.3 is 0 Å². The lowest BCUT2D eigenvalue weighted by Crippen LogP contribution is -2.48. The summed E-state index contributed by atoms with van der Waals surface area (Å²) in [5, 5.41) is 0.883. The van der Waals surface area contributed by atoms with Crippen LogP contribution in [0.15, 0.2) is 48.5 Å². The molecule has 1 aliphatic rings. The van der Waals surface area contributed by atoms with Crippen molar-refractivity contribution in [1.82, 2.24) is 9.88 Å². The Hall–Kier alpha value is -3.28. The molecule has 1 aliphatic heterocycles. The Morgan fingerprint density at radius 3 is 2.38 bits per heavy atom. The number of nitrogens with zero attached hydrogens (tertiary/aromatic N) is 2. The van der Waals surface area contributed by atoms with Crippen molar-refractivity contribution in [3.8, 4) is 5.75 Å². The number of Topliss-reactive ketones (excluding diaryl/α,β-unsaturated/α-hetero) is 1. The van der Waals surface area contributed by atoms with E-state index in [-0.39, 0.29) is 11.7 Å². The number of carbonyl (C=O) groups is 2. The van der Waals surface area contributed by atoms with Crippen LogP contribution in [0.4, 0.5) is 5.69 Å². The average molecular weight is 391 g/mol. The monoisotopic (exact) mass is 391 g/mol. The molecule has 150 valence electrons. The Kier molecular flexibility index (Phi) is 5.25. The molecule has 0 atom stereocenters. The van der Waals surface area contributed by atoms with Gasteiger partial charge in [-0.2, -0.15) is 0 Å². The molecule has 3 aromatic rings. The number of aromatic nitrogens is 1. The second kappa shape index (κ2) is 7.99. The largest absolute Gasteiger partial charge is 0.494 e. The summed E-state index contributed by atoms with van der Waals surface area (Å²) in [4.78, 5) is 31.9. The molecule has 29 heavy (non-hydrogen) atoms. The highest BCUT2D eigenvalue weighted by atomic mass is 16.5. The highest BCUT2D eigenvalue weighted by Crippen LogP contribution is 2.22. The Bertz CT molecular complexity index is 1030. The highest BCUT2D eigenvalue weighted by Gasteiger charge is 2.23. The molecule has 0 saturated carbocycles. The van der Waals surface area contributed by atoms with Crippen LogP contribution >= 0.6 is 0 Å². The number of anilines is 1. The summed E-state index contributed by atoms with van der Waals surface area (Å²) in [6.45, 7) is 7.08. The van der Waals surface area contributed by atoms with Crippen LogP contribution in [0.5, 0.6) is 5.75 Å². The SMILES string of the molecule is CCOc1ccc(N2CCN(C(=O)c3cc4cc(C(C)=O)ccc4[nH]3)CC2)cc1.